The van der Waals surface area contributed by atoms with Crippen LogP contribution in [0.15, 0.2) is 0 Å². The van der Waals surface area contributed by atoms with E-state index in [4.69, 9.17) is 0 Å². The van der Waals surface area contributed by atoms with Gasteiger partial charge in [-0.25, -0.2) is 0 Å². The summed E-state index contributed by atoms with van der Waals surface area (Å²) in [6.07, 6.45) is 7.01. The summed E-state index contributed by atoms with van der Waals surface area (Å²) in [5.74, 6) is 0.530. The molecule has 2 heterocycles. The molecule has 2 atom stereocenters. The Morgan fingerprint density at radius 3 is 2.14 bits per heavy atom. The van der Waals surface area contributed by atoms with Crippen molar-refractivity contribution in [3.05, 3.63) is 0 Å². The van der Waals surface area contributed by atoms with Crippen molar-refractivity contribution < 1.29 is 4.79 Å². The highest BCUT2D eigenvalue weighted by Crippen LogP contribution is 2.70. The summed E-state index contributed by atoms with van der Waals surface area (Å²) in [6, 6.07) is 0. The molecule has 0 amide bonds. The second-order valence-electron chi connectivity index (χ2n) is 5.48. The van der Waals surface area contributed by atoms with Gasteiger partial charge in [0, 0.05) is 12.8 Å². The second kappa shape index (κ2) is 3.30. The minimum Gasteiger partial charge on any atom is -0.300 e. The number of carbonyl (C=O) groups is 1. The Morgan fingerprint density at radius 2 is 1.71 bits per heavy atom. The lowest BCUT2D eigenvalue weighted by Crippen LogP contribution is -2.47. The molecule has 2 heteroatoms. The highest BCUT2D eigenvalue weighted by molar-refractivity contribution is 7.61. The van der Waals surface area contributed by atoms with Crippen LogP contribution in [0, 0.1) is 0 Å². The molecule has 0 spiro atoms. The van der Waals surface area contributed by atoms with Crippen molar-refractivity contribution in [2.75, 3.05) is 6.16 Å². The summed E-state index contributed by atoms with van der Waals surface area (Å²) in [5.41, 5.74) is 0. The Labute approximate surface area is 88.4 Å². The molecule has 14 heavy (non-hydrogen) atoms. The summed E-state index contributed by atoms with van der Waals surface area (Å²) in [4.78, 5) is 11.8. The van der Waals surface area contributed by atoms with Crippen LogP contribution in [-0.4, -0.2) is 22.3 Å². The van der Waals surface area contributed by atoms with E-state index in [-0.39, 0.29) is 7.92 Å². The van der Waals surface area contributed by atoms with E-state index in [1.54, 1.807) is 0 Å². The van der Waals surface area contributed by atoms with E-state index in [2.05, 4.69) is 20.8 Å². The third kappa shape index (κ3) is 1.45. The summed E-state index contributed by atoms with van der Waals surface area (Å²) in [6.45, 7) is 7.07. The van der Waals surface area contributed by atoms with Crippen LogP contribution in [0.5, 0.6) is 0 Å². The fraction of sp³-hybridized carbons (Fsp3) is 0.917. The zero-order valence-electron chi connectivity index (χ0n) is 9.60. The molecule has 2 aliphatic rings. The number of ketones is 1. The zero-order valence-corrected chi connectivity index (χ0v) is 10.5. The van der Waals surface area contributed by atoms with Crippen molar-refractivity contribution in [1.29, 1.82) is 0 Å². The van der Waals surface area contributed by atoms with Gasteiger partial charge in [0.05, 0.1) is 0 Å². The molecule has 0 radical (unpaired) electrons. The van der Waals surface area contributed by atoms with E-state index >= 15 is 0 Å². The number of Topliss-reactive ketones (excluding diaryl/α,β-unsaturated/α-hetero) is 1. The molecular formula is C12H21OP. The molecule has 2 unspecified atom stereocenters. The maximum atomic E-state index is 11.8. The van der Waals surface area contributed by atoms with Crippen molar-refractivity contribution in [2.24, 2.45) is 0 Å². The van der Waals surface area contributed by atoms with Gasteiger partial charge in [-0.1, -0.05) is 35.1 Å². The number of carbonyl (C=O) groups excluding carboxylic acids is 1. The van der Waals surface area contributed by atoms with E-state index in [0.29, 0.717) is 16.1 Å². The Balaban J connectivity index is 2.35. The highest BCUT2D eigenvalue weighted by atomic mass is 31.1. The summed E-state index contributed by atoms with van der Waals surface area (Å²) in [5, 5.41) is 0.791. The fourth-order valence-electron chi connectivity index (χ4n) is 3.81. The quantitative estimate of drug-likeness (QED) is 0.607. The zero-order chi connectivity index (χ0) is 10.4. The minimum atomic E-state index is 0.0810. The Hall–Kier alpha value is 0.100. The van der Waals surface area contributed by atoms with Gasteiger partial charge in [0.2, 0.25) is 0 Å². The molecule has 2 rings (SSSR count). The van der Waals surface area contributed by atoms with Gasteiger partial charge in [-0.2, -0.15) is 0 Å². The van der Waals surface area contributed by atoms with Crippen molar-refractivity contribution in [2.45, 2.75) is 63.2 Å². The van der Waals surface area contributed by atoms with Crippen LogP contribution in [0.3, 0.4) is 0 Å². The number of hydrogen-bond acceptors (Lipinski definition) is 1. The first kappa shape index (κ1) is 10.6. The molecule has 1 nitrogen and oxygen atoms in total. The summed E-state index contributed by atoms with van der Waals surface area (Å²) < 4.78 is 0. The first-order valence-electron chi connectivity index (χ1n) is 5.80. The topological polar surface area (TPSA) is 17.1 Å². The number of fused-ring (bicyclic) bond motifs is 2. The first-order valence-corrected chi connectivity index (χ1v) is 7.32. The molecule has 2 fully saturated rings. The Kier molecular flexibility index (Phi) is 2.50. The highest BCUT2D eigenvalue weighted by Gasteiger charge is 2.52. The Morgan fingerprint density at radius 1 is 1.21 bits per heavy atom. The molecule has 0 saturated carbocycles. The van der Waals surface area contributed by atoms with Crippen molar-refractivity contribution in [3.63, 3.8) is 0 Å². The predicted molar refractivity (Wildman–Crippen MR) is 62.4 cm³/mol. The van der Waals surface area contributed by atoms with Gasteiger partial charge in [0.1, 0.15) is 5.78 Å². The first-order chi connectivity index (χ1) is 6.50. The molecule has 0 aromatic rings. The molecule has 0 N–H and O–H groups in total. The van der Waals surface area contributed by atoms with Gasteiger partial charge in [-0.05, 0) is 29.3 Å². The molecule has 0 aliphatic carbocycles. The lowest BCUT2D eigenvalue weighted by Gasteiger charge is -2.56. The van der Waals surface area contributed by atoms with Gasteiger partial charge in [-0.3, -0.25) is 4.79 Å². The van der Waals surface area contributed by atoms with Crippen LogP contribution in [0.1, 0.15) is 52.9 Å². The number of rotatable bonds is 1. The normalized spacial score (nSPS) is 47.9. The van der Waals surface area contributed by atoms with Crippen LogP contribution < -0.4 is 0 Å². The van der Waals surface area contributed by atoms with Crippen LogP contribution in [0.2, 0.25) is 0 Å². The maximum absolute atomic E-state index is 11.8. The van der Waals surface area contributed by atoms with Crippen molar-refractivity contribution in [3.8, 4) is 0 Å². The standard InChI is InChI=1S/C12H21OP/c1-4-14-11(2)6-5-7-12(14,3)9-10(13)8-11/h4-9H2,1-3H3. The molecule has 0 aromatic carbocycles. The van der Waals surface area contributed by atoms with E-state index in [0.717, 1.165) is 12.8 Å². The van der Waals surface area contributed by atoms with Gasteiger partial charge in [0.25, 0.3) is 0 Å². The van der Waals surface area contributed by atoms with Gasteiger partial charge < -0.3 is 0 Å². The minimum absolute atomic E-state index is 0.0810. The van der Waals surface area contributed by atoms with Gasteiger partial charge in [-0.15, -0.1) is 0 Å². The fourth-order valence-corrected chi connectivity index (χ4v) is 8.24. The lowest BCUT2D eigenvalue weighted by atomic mass is 9.84. The van der Waals surface area contributed by atoms with Crippen molar-refractivity contribution >= 4 is 13.7 Å². The average molecular weight is 212 g/mol. The number of hydrogen-bond donors (Lipinski definition) is 0. The van der Waals surface area contributed by atoms with Crippen molar-refractivity contribution in [1.82, 2.24) is 0 Å². The third-order valence-electron chi connectivity index (χ3n) is 4.21. The largest absolute Gasteiger partial charge is 0.300 e. The van der Waals surface area contributed by atoms with Gasteiger partial charge >= 0.3 is 0 Å². The summed E-state index contributed by atoms with van der Waals surface area (Å²) >= 11 is 0. The predicted octanol–water partition coefficient (Wildman–Crippen LogP) is 3.55. The monoisotopic (exact) mass is 212 g/mol. The molecule has 2 bridgehead atoms. The van der Waals surface area contributed by atoms with E-state index in [1.807, 2.05) is 0 Å². The maximum Gasteiger partial charge on any atom is 0.134 e. The van der Waals surface area contributed by atoms with Crippen LogP contribution >= 0.6 is 7.92 Å². The van der Waals surface area contributed by atoms with E-state index in [1.165, 1.54) is 25.4 Å². The molecular weight excluding hydrogens is 191 g/mol. The average Bonchev–Trinajstić information content (AvgIpc) is 1.99. The lowest BCUT2D eigenvalue weighted by molar-refractivity contribution is -0.121. The Bertz CT molecular complexity index is 241. The molecule has 2 saturated heterocycles. The molecule has 0 aromatic heterocycles. The SMILES string of the molecule is CCP1C2(C)CCCC1(C)CC(=O)C2. The van der Waals surface area contributed by atoms with Crippen LogP contribution in [0.4, 0.5) is 0 Å². The second-order valence-corrected chi connectivity index (χ2v) is 9.13. The van der Waals surface area contributed by atoms with E-state index in [9.17, 15) is 4.79 Å². The summed E-state index contributed by atoms with van der Waals surface area (Å²) in [7, 11) is 0.0810. The van der Waals surface area contributed by atoms with Crippen LogP contribution in [0.25, 0.3) is 0 Å². The third-order valence-corrected chi connectivity index (χ3v) is 8.21. The van der Waals surface area contributed by atoms with Crippen LogP contribution in [-0.2, 0) is 4.79 Å². The smallest absolute Gasteiger partial charge is 0.134 e. The van der Waals surface area contributed by atoms with E-state index < -0.39 is 0 Å². The molecule has 2 aliphatic heterocycles. The van der Waals surface area contributed by atoms with Gasteiger partial charge in [0.15, 0.2) is 0 Å². The molecule has 80 valence electrons.